The van der Waals surface area contributed by atoms with E-state index in [0.29, 0.717) is 5.25 Å². The molecule has 72 valence electrons. The number of halogens is 1. The lowest BCUT2D eigenvalue weighted by atomic mass is 10.3. The summed E-state index contributed by atoms with van der Waals surface area (Å²) in [6.07, 6.45) is 4.78. The highest BCUT2D eigenvalue weighted by Crippen LogP contribution is 2.27. The number of pyridine rings is 1. The van der Waals surface area contributed by atoms with Gasteiger partial charge in [-0.15, -0.1) is 23.4 Å². The second-order valence-corrected chi connectivity index (χ2v) is 4.91. The van der Waals surface area contributed by atoms with E-state index in [9.17, 15) is 0 Å². The fourth-order valence-corrected chi connectivity index (χ4v) is 2.53. The molecule has 0 saturated carbocycles. The van der Waals surface area contributed by atoms with E-state index >= 15 is 0 Å². The number of rotatable bonds is 4. The summed E-state index contributed by atoms with van der Waals surface area (Å²) in [5.74, 6) is 0.734. The fraction of sp³-hybridized carbons (Fsp3) is 0.500. The molecule has 0 fully saturated rings. The van der Waals surface area contributed by atoms with E-state index in [4.69, 9.17) is 11.6 Å². The van der Waals surface area contributed by atoms with E-state index in [1.807, 2.05) is 24.2 Å². The Labute approximate surface area is 88.9 Å². The van der Waals surface area contributed by atoms with E-state index < -0.39 is 0 Å². The SMILES string of the molecule is Cc1cnccc1SC(C)CCCl. The first kappa shape index (κ1) is 10.9. The van der Waals surface area contributed by atoms with Gasteiger partial charge in [-0.1, -0.05) is 6.92 Å². The number of hydrogen-bond acceptors (Lipinski definition) is 2. The lowest BCUT2D eigenvalue weighted by Gasteiger charge is -2.10. The van der Waals surface area contributed by atoms with Crippen LogP contribution >= 0.6 is 23.4 Å². The molecule has 1 heterocycles. The monoisotopic (exact) mass is 215 g/mol. The Morgan fingerprint density at radius 2 is 2.38 bits per heavy atom. The molecule has 0 radical (unpaired) electrons. The topological polar surface area (TPSA) is 12.9 Å². The molecule has 0 bridgehead atoms. The molecule has 0 aromatic carbocycles. The average Bonchev–Trinajstić information content (AvgIpc) is 2.09. The van der Waals surface area contributed by atoms with Crippen LogP contribution in [0.1, 0.15) is 18.9 Å². The molecule has 13 heavy (non-hydrogen) atoms. The highest BCUT2D eigenvalue weighted by Gasteiger charge is 2.05. The average molecular weight is 216 g/mol. The Hall–Kier alpha value is -0.210. The lowest BCUT2D eigenvalue weighted by molar-refractivity contribution is 0.911. The van der Waals surface area contributed by atoms with Gasteiger partial charge in [0.05, 0.1) is 0 Å². The maximum Gasteiger partial charge on any atom is 0.0308 e. The van der Waals surface area contributed by atoms with Crippen LogP contribution < -0.4 is 0 Å². The van der Waals surface area contributed by atoms with Crippen molar-refractivity contribution in [1.82, 2.24) is 4.98 Å². The quantitative estimate of drug-likeness (QED) is 0.563. The van der Waals surface area contributed by atoms with Gasteiger partial charge >= 0.3 is 0 Å². The predicted molar refractivity (Wildman–Crippen MR) is 59.6 cm³/mol. The zero-order valence-corrected chi connectivity index (χ0v) is 9.53. The number of aromatic nitrogens is 1. The minimum Gasteiger partial charge on any atom is -0.264 e. The van der Waals surface area contributed by atoms with Gasteiger partial charge in [0, 0.05) is 28.4 Å². The van der Waals surface area contributed by atoms with Crippen molar-refractivity contribution in [2.75, 3.05) is 5.88 Å². The van der Waals surface area contributed by atoms with Crippen LogP contribution in [0.3, 0.4) is 0 Å². The molecular formula is C10H14ClNS. The maximum atomic E-state index is 5.68. The number of hydrogen-bond donors (Lipinski definition) is 0. The second kappa shape index (κ2) is 5.51. The summed E-state index contributed by atoms with van der Waals surface area (Å²) in [4.78, 5) is 5.37. The van der Waals surface area contributed by atoms with Crippen LogP contribution in [0.5, 0.6) is 0 Å². The van der Waals surface area contributed by atoms with Crippen LogP contribution in [-0.2, 0) is 0 Å². The van der Waals surface area contributed by atoms with E-state index in [0.717, 1.165) is 12.3 Å². The summed E-state index contributed by atoms with van der Waals surface area (Å²) < 4.78 is 0. The summed E-state index contributed by atoms with van der Waals surface area (Å²) >= 11 is 7.55. The minimum absolute atomic E-state index is 0.582. The Morgan fingerprint density at radius 3 is 3.00 bits per heavy atom. The summed E-state index contributed by atoms with van der Waals surface area (Å²) in [7, 11) is 0. The lowest BCUT2D eigenvalue weighted by Crippen LogP contribution is -1.97. The molecule has 0 aliphatic carbocycles. The molecule has 3 heteroatoms. The Balaban J connectivity index is 2.58. The molecule has 0 aliphatic heterocycles. The highest BCUT2D eigenvalue weighted by atomic mass is 35.5. The van der Waals surface area contributed by atoms with E-state index in [1.165, 1.54) is 10.5 Å². The van der Waals surface area contributed by atoms with Gasteiger partial charge in [0.1, 0.15) is 0 Å². The molecule has 1 rings (SSSR count). The Kier molecular flexibility index (Phi) is 4.60. The van der Waals surface area contributed by atoms with Crippen molar-refractivity contribution in [2.24, 2.45) is 0 Å². The summed E-state index contributed by atoms with van der Waals surface area (Å²) in [5, 5.41) is 0.582. The first-order chi connectivity index (χ1) is 6.24. The van der Waals surface area contributed by atoms with Crippen molar-refractivity contribution in [3.05, 3.63) is 24.0 Å². The molecule has 1 aromatic rings. The Bertz CT molecular complexity index is 265. The summed E-state index contributed by atoms with van der Waals surface area (Å²) in [5.41, 5.74) is 1.24. The van der Waals surface area contributed by atoms with Crippen molar-refractivity contribution in [2.45, 2.75) is 30.4 Å². The smallest absolute Gasteiger partial charge is 0.0308 e. The predicted octanol–water partition coefficient (Wildman–Crippen LogP) is 3.50. The zero-order valence-electron chi connectivity index (χ0n) is 7.96. The van der Waals surface area contributed by atoms with Crippen LogP contribution in [0.15, 0.2) is 23.4 Å². The Morgan fingerprint density at radius 1 is 1.62 bits per heavy atom. The van der Waals surface area contributed by atoms with Crippen LogP contribution in [0.25, 0.3) is 0 Å². The highest BCUT2D eigenvalue weighted by molar-refractivity contribution is 8.00. The van der Waals surface area contributed by atoms with Crippen LogP contribution in [0.2, 0.25) is 0 Å². The van der Waals surface area contributed by atoms with Gasteiger partial charge in [0.25, 0.3) is 0 Å². The van der Waals surface area contributed by atoms with Gasteiger partial charge in [-0.25, -0.2) is 0 Å². The molecule has 0 N–H and O–H groups in total. The van der Waals surface area contributed by atoms with Crippen LogP contribution in [0.4, 0.5) is 0 Å². The van der Waals surface area contributed by atoms with Gasteiger partial charge < -0.3 is 0 Å². The molecule has 1 unspecified atom stereocenters. The van der Waals surface area contributed by atoms with E-state index in [1.54, 1.807) is 0 Å². The van der Waals surface area contributed by atoms with Crippen LogP contribution in [0, 0.1) is 6.92 Å². The van der Waals surface area contributed by atoms with Gasteiger partial charge in [-0.05, 0) is 25.0 Å². The van der Waals surface area contributed by atoms with Gasteiger partial charge in [-0.2, -0.15) is 0 Å². The molecule has 1 atom stereocenters. The van der Waals surface area contributed by atoms with Crippen molar-refractivity contribution in [1.29, 1.82) is 0 Å². The second-order valence-electron chi connectivity index (χ2n) is 3.05. The molecular weight excluding hydrogens is 202 g/mol. The molecule has 0 aliphatic rings. The normalized spacial score (nSPS) is 12.8. The van der Waals surface area contributed by atoms with E-state index in [-0.39, 0.29) is 0 Å². The zero-order chi connectivity index (χ0) is 9.68. The minimum atomic E-state index is 0.582. The van der Waals surface area contributed by atoms with Gasteiger partial charge in [-0.3, -0.25) is 4.98 Å². The standard InChI is InChI=1S/C10H14ClNS/c1-8-7-12-6-4-10(8)13-9(2)3-5-11/h4,6-7,9H,3,5H2,1-2H3. The molecule has 1 aromatic heterocycles. The third-order valence-electron chi connectivity index (χ3n) is 1.81. The third-order valence-corrected chi connectivity index (χ3v) is 3.38. The summed E-state index contributed by atoms with van der Waals surface area (Å²) in [6.45, 7) is 4.29. The summed E-state index contributed by atoms with van der Waals surface area (Å²) in [6, 6.07) is 2.06. The molecule has 0 spiro atoms. The maximum absolute atomic E-state index is 5.68. The first-order valence-corrected chi connectivity index (χ1v) is 5.78. The van der Waals surface area contributed by atoms with E-state index in [2.05, 4.69) is 24.9 Å². The molecule has 0 amide bonds. The number of nitrogens with zero attached hydrogens (tertiary/aromatic N) is 1. The van der Waals surface area contributed by atoms with Crippen LogP contribution in [-0.4, -0.2) is 16.1 Å². The van der Waals surface area contributed by atoms with Crippen molar-refractivity contribution >= 4 is 23.4 Å². The number of alkyl halides is 1. The largest absolute Gasteiger partial charge is 0.264 e. The number of thioether (sulfide) groups is 1. The van der Waals surface area contributed by atoms with Gasteiger partial charge in [0.2, 0.25) is 0 Å². The van der Waals surface area contributed by atoms with Gasteiger partial charge in [0.15, 0.2) is 0 Å². The first-order valence-electron chi connectivity index (χ1n) is 4.37. The van der Waals surface area contributed by atoms with Crippen molar-refractivity contribution in [3.8, 4) is 0 Å². The number of aryl methyl sites for hydroxylation is 1. The van der Waals surface area contributed by atoms with Crippen molar-refractivity contribution in [3.63, 3.8) is 0 Å². The fourth-order valence-electron chi connectivity index (χ4n) is 1.02. The van der Waals surface area contributed by atoms with Crippen molar-refractivity contribution < 1.29 is 0 Å². The molecule has 1 nitrogen and oxygen atoms in total. The third kappa shape index (κ3) is 3.57. The molecule has 0 saturated heterocycles.